The van der Waals surface area contributed by atoms with Gasteiger partial charge in [0.25, 0.3) is 5.56 Å². The van der Waals surface area contributed by atoms with E-state index in [0.29, 0.717) is 28.0 Å². The number of aromatic nitrogens is 2. The number of nitrogens with zero attached hydrogens (tertiary/aromatic N) is 1. The fraction of sp³-hybridized carbons (Fsp3) is 0.150. The van der Waals surface area contributed by atoms with Gasteiger partial charge in [-0.25, -0.2) is 4.98 Å². The summed E-state index contributed by atoms with van der Waals surface area (Å²) < 4.78 is 5.22. The van der Waals surface area contributed by atoms with Gasteiger partial charge in [0.05, 0.1) is 24.9 Å². The van der Waals surface area contributed by atoms with Crippen molar-refractivity contribution >= 4 is 23.4 Å². The number of amides is 1. The van der Waals surface area contributed by atoms with Crippen LogP contribution in [-0.2, 0) is 17.0 Å². The van der Waals surface area contributed by atoms with Crippen molar-refractivity contribution < 1.29 is 9.53 Å². The summed E-state index contributed by atoms with van der Waals surface area (Å²) >= 11 is 1.42. The number of methoxy groups -OCH3 is 1. The van der Waals surface area contributed by atoms with E-state index in [1.54, 1.807) is 19.2 Å². The molecule has 7 heteroatoms. The van der Waals surface area contributed by atoms with Gasteiger partial charge in [0.1, 0.15) is 5.75 Å². The molecule has 27 heavy (non-hydrogen) atoms. The number of para-hydroxylation sites is 2. The van der Waals surface area contributed by atoms with Crippen molar-refractivity contribution in [2.24, 2.45) is 0 Å². The minimum absolute atomic E-state index is 0.000859. The molecule has 6 nitrogen and oxygen atoms in total. The highest BCUT2D eigenvalue weighted by atomic mass is 32.2. The molecule has 1 heterocycles. The Bertz CT molecular complexity index is 973. The number of H-pyrrole nitrogens is 1. The van der Waals surface area contributed by atoms with Crippen molar-refractivity contribution in [1.29, 1.82) is 0 Å². The second-order valence-electron chi connectivity index (χ2n) is 5.74. The third kappa shape index (κ3) is 5.46. The lowest BCUT2D eigenvalue weighted by Crippen LogP contribution is -2.18. The topological polar surface area (TPSA) is 84.1 Å². The summed E-state index contributed by atoms with van der Waals surface area (Å²) in [6.07, 6.45) is 0.000859. The lowest BCUT2D eigenvalue weighted by atomic mass is 10.2. The molecule has 0 unspecified atom stereocenters. The third-order valence-electron chi connectivity index (χ3n) is 3.71. The first-order valence-electron chi connectivity index (χ1n) is 8.34. The molecule has 3 rings (SSSR count). The molecule has 0 aliphatic heterocycles. The second kappa shape index (κ2) is 9.05. The number of hydrogen-bond donors (Lipinski definition) is 2. The van der Waals surface area contributed by atoms with Crippen molar-refractivity contribution in [3.05, 3.63) is 82.3 Å². The second-order valence-corrected chi connectivity index (χ2v) is 6.71. The molecular weight excluding hydrogens is 362 g/mol. The monoisotopic (exact) mass is 381 g/mol. The Balaban J connectivity index is 1.66. The Morgan fingerprint density at radius 1 is 1.15 bits per heavy atom. The van der Waals surface area contributed by atoms with Crippen LogP contribution in [0.5, 0.6) is 5.75 Å². The van der Waals surface area contributed by atoms with E-state index in [0.717, 1.165) is 5.56 Å². The summed E-state index contributed by atoms with van der Waals surface area (Å²) in [4.78, 5) is 31.3. The fourth-order valence-corrected chi connectivity index (χ4v) is 3.33. The minimum atomic E-state index is -0.277. The van der Waals surface area contributed by atoms with Crippen molar-refractivity contribution in [1.82, 2.24) is 9.97 Å². The zero-order valence-corrected chi connectivity index (χ0v) is 15.6. The Kier molecular flexibility index (Phi) is 6.27. The minimum Gasteiger partial charge on any atom is -0.495 e. The zero-order chi connectivity index (χ0) is 19.1. The maximum atomic E-state index is 12.3. The number of benzene rings is 2. The predicted octanol–water partition coefficient (Wildman–Crippen LogP) is 3.25. The first kappa shape index (κ1) is 18.7. The highest BCUT2D eigenvalue weighted by molar-refractivity contribution is 7.98. The van der Waals surface area contributed by atoms with Gasteiger partial charge in [0.15, 0.2) is 5.16 Å². The van der Waals surface area contributed by atoms with E-state index in [9.17, 15) is 9.59 Å². The van der Waals surface area contributed by atoms with Crippen LogP contribution >= 0.6 is 11.8 Å². The Labute approximate surface area is 161 Å². The molecule has 0 aliphatic carbocycles. The van der Waals surface area contributed by atoms with Crippen LogP contribution in [0, 0.1) is 0 Å². The van der Waals surface area contributed by atoms with Crippen LogP contribution in [0.4, 0.5) is 5.69 Å². The molecule has 2 N–H and O–H groups in total. The Morgan fingerprint density at radius 2 is 1.89 bits per heavy atom. The van der Waals surface area contributed by atoms with Crippen molar-refractivity contribution in [2.45, 2.75) is 17.3 Å². The van der Waals surface area contributed by atoms with Crippen LogP contribution in [-0.4, -0.2) is 23.0 Å². The van der Waals surface area contributed by atoms with Gasteiger partial charge in [-0.05, 0) is 17.7 Å². The summed E-state index contributed by atoms with van der Waals surface area (Å²) in [6.45, 7) is 0. The molecular formula is C20H19N3O3S. The molecule has 0 aliphatic rings. The fourth-order valence-electron chi connectivity index (χ4n) is 2.48. The zero-order valence-electron chi connectivity index (χ0n) is 14.8. The van der Waals surface area contributed by atoms with E-state index in [1.807, 2.05) is 42.5 Å². The van der Waals surface area contributed by atoms with Crippen molar-refractivity contribution in [3.8, 4) is 5.75 Å². The van der Waals surface area contributed by atoms with Gasteiger partial charge in [-0.1, -0.05) is 54.2 Å². The number of carbonyl (C=O) groups excluding carboxylic acids is 1. The summed E-state index contributed by atoms with van der Waals surface area (Å²) in [6, 6.07) is 18.4. The SMILES string of the molecule is COc1ccccc1NC(=O)Cc1cc(=O)[nH]c(SCc2ccccc2)n1. The van der Waals surface area contributed by atoms with Crippen LogP contribution in [0.1, 0.15) is 11.3 Å². The number of carbonyl (C=O) groups is 1. The van der Waals surface area contributed by atoms with Gasteiger partial charge in [-0.3, -0.25) is 9.59 Å². The third-order valence-corrected chi connectivity index (χ3v) is 4.66. The number of anilines is 1. The smallest absolute Gasteiger partial charge is 0.251 e. The van der Waals surface area contributed by atoms with E-state index in [-0.39, 0.29) is 17.9 Å². The molecule has 1 aromatic heterocycles. The summed E-state index contributed by atoms with van der Waals surface area (Å²) in [7, 11) is 1.54. The lowest BCUT2D eigenvalue weighted by molar-refractivity contribution is -0.115. The molecule has 3 aromatic rings. The first-order valence-corrected chi connectivity index (χ1v) is 9.32. The van der Waals surface area contributed by atoms with Gasteiger partial charge in [0, 0.05) is 11.8 Å². The largest absolute Gasteiger partial charge is 0.495 e. The molecule has 0 fully saturated rings. The van der Waals surface area contributed by atoms with E-state index in [2.05, 4.69) is 15.3 Å². The molecule has 0 bridgehead atoms. The van der Waals surface area contributed by atoms with Crippen LogP contribution < -0.4 is 15.6 Å². The Morgan fingerprint density at radius 3 is 2.67 bits per heavy atom. The Hall–Kier alpha value is -3.06. The summed E-state index contributed by atoms with van der Waals surface area (Å²) in [5.41, 5.74) is 1.85. The number of nitrogens with one attached hydrogen (secondary N) is 2. The number of thioether (sulfide) groups is 1. The predicted molar refractivity (Wildman–Crippen MR) is 106 cm³/mol. The molecule has 0 atom stereocenters. The summed E-state index contributed by atoms with van der Waals surface area (Å²) in [5, 5.41) is 3.28. The van der Waals surface area contributed by atoms with Crippen LogP contribution in [0.3, 0.4) is 0 Å². The van der Waals surface area contributed by atoms with Gasteiger partial charge in [0.2, 0.25) is 5.91 Å². The number of rotatable bonds is 7. The normalized spacial score (nSPS) is 10.4. The first-order chi connectivity index (χ1) is 13.1. The average molecular weight is 381 g/mol. The highest BCUT2D eigenvalue weighted by Crippen LogP contribution is 2.23. The van der Waals surface area contributed by atoms with E-state index in [1.165, 1.54) is 17.8 Å². The molecule has 0 spiro atoms. The van der Waals surface area contributed by atoms with E-state index >= 15 is 0 Å². The van der Waals surface area contributed by atoms with Gasteiger partial charge < -0.3 is 15.0 Å². The molecule has 0 saturated carbocycles. The van der Waals surface area contributed by atoms with Gasteiger partial charge in [-0.15, -0.1) is 0 Å². The van der Waals surface area contributed by atoms with Gasteiger partial charge >= 0.3 is 0 Å². The molecule has 2 aromatic carbocycles. The quantitative estimate of drug-likeness (QED) is 0.485. The standard InChI is InChI=1S/C20H19N3O3S/c1-26-17-10-6-5-9-16(17)22-18(24)11-15-12-19(25)23-20(21-15)27-13-14-7-3-2-4-8-14/h2-10,12H,11,13H2,1H3,(H,22,24)(H,21,23,25). The van der Waals surface area contributed by atoms with Gasteiger partial charge in [-0.2, -0.15) is 0 Å². The number of hydrogen-bond acceptors (Lipinski definition) is 5. The van der Waals surface area contributed by atoms with Crippen LogP contribution in [0.15, 0.2) is 70.6 Å². The maximum absolute atomic E-state index is 12.3. The summed E-state index contributed by atoms with van der Waals surface area (Å²) in [5.74, 6) is 0.987. The van der Waals surface area contributed by atoms with Crippen LogP contribution in [0.25, 0.3) is 0 Å². The van der Waals surface area contributed by atoms with Crippen molar-refractivity contribution in [2.75, 3.05) is 12.4 Å². The highest BCUT2D eigenvalue weighted by Gasteiger charge is 2.10. The number of aromatic amines is 1. The van der Waals surface area contributed by atoms with Crippen LogP contribution in [0.2, 0.25) is 0 Å². The van der Waals surface area contributed by atoms with E-state index in [4.69, 9.17) is 4.74 Å². The molecule has 138 valence electrons. The molecule has 1 amide bonds. The number of ether oxygens (including phenoxy) is 1. The lowest BCUT2D eigenvalue weighted by Gasteiger charge is -2.10. The maximum Gasteiger partial charge on any atom is 0.251 e. The van der Waals surface area contributed by atoms with E-state index < -0.39 is 0 Å². The molecule has 0 saturated heterocycles. The average Bonchev–Trinajstić information content (AvgIpc) is 2.67. The molecule has 0 radical (unpaired) electrons. The van der Waals surface area contributed by atoms with Crippen molar-refractivity contribution in [3.63, 3.8) is 0 Å².